The van der Waals surface area contributed by atoms with Crippen molar-refractivity contribution in [3.63, 3.8) is 0 Å². The first-order valence-electron chi connectivity index (χ1n) is 8.73. The maximum atomic E-state index is 12.3. The van der Waals surface area contributed by atoms with E-state index < -0.39 is 18.0 Å². The molecule has 1 aromatic carbocycles. The maximum Gasteiger partial charge on any atom is 0.388 e. The molecular weight excluding hydrogens is 396 g/mol. The van der Waals surface area contributed by atoms with E-state index in [0.29, 0.717) is 22.4 Å². The zero-order valence-electron chi connectivity index (χ0n) is 16.4. The first-order valence-corrected chi connectivity index (χ1v) is 9.71. The highest BCUT2D eigenvalue weighted by atomic mass is 32.2. The highest BCUT2D eigenvalue weighted by Gasteiger charge is 2.51. The number of benzene rings is 1. The Balaban J connectivity index is 1.62. The Bertz CT molecular complexity index is 956. The van der Waals surface area contributed by atoms with Crippen molar-refractivity contribution in [2.75, 3.05) is 37.5 Å². The average Bonchev–Trinajstić information content (AvgIpc) is 3.01. The van der Waals surface area contributed by atoms with Crippen molar-refractivity contribution < 1.29 is 23.8 Å². The van der Waals surface area contributed by atoms with Crippen LogP contribution in [0.3, 0.4) is 0 Å². The van der Waals surface area contributed by atoms with E-state index in [2.05, 4.69) is 15.6 Å². The Hall–Kier alpha value is -3.21. The van der Waals surface area contributed by atoms with Crippen molar-refractivity contribution >= 4 is 57.9 Å². The molecule has 1 atom stereocenters. The number of carbonyl (C=O) groups excluding carboxylic acids is 4. The summed E-state index contributed by atoms with van der Waals surface area (Å²) in [5.74, 6) is -0.247. The van der Waals surface area contributed by atoms with Gasteiger partial charge in [-0.3, -0.25) is 19.3 Å². The first-order chi connectivity index (χ1) is 13.7. The number of anilines is 2. The number of thioether (sulfide) groups is 1. The fourth-order valence-electron chi connectivity index (χ4n) is 3.01. The van der Waals surface area contributed by atoms with Gasteiger partial charge >= 0.3 is 6.03 Å². The molecule has 0 radical (unpaired) electrons. The molecule has 1 aromatic rings. The quantitative estimate of drug-likeness (QED) is 0.697. The molecule has 2 heterocycles. The minimum absolute atomic E-state index is 0.0817. The number of hydrogen-bond acceptors (Lipinski definition) is 6. The SMILES string of the molecule is CC(=O)Nc1ccc(NC(=O)CSC2=NC3C(=O)N(C)C(=O)N(C)C3=[N+]2C)cc1. The number of fused-ring (bicyclic) bond motifs is 1. The van der Waals surface area contributed by atoms with Crippen LogP contribution in [0, 0.1) is 0 Å². The van der Waals surface area contributed by atoms with E-state index in [1.807, 2.05) is 0 Å². The van der Waals surface area contributed by atoms with Crippen LogP contribution in [-0.4, -0.2) is 82.1 Å². The van der Waals surface area contributed by atoms with Crippen LogP contribution in [0.1, 0.15) is 6.92 Å². The molecule has 3 rings (SSSR count). The monoisotopic (exact) mass is 417 g/mol. The standard InChI is InChI=1S/C18H20N6O4S/c1-10(25)19-11-5-7-12(8-6-11)20-13(26)9-29-17-21-14-15(22(17)2)23(3)18(28)24(4)16(14)27/h5-8,14H,9H2,1-4H3,(H-,19,20,25,26)/p+1. The van der Waals surface area contributed by atoms with Gasteiger partial charge in [0.1, 0.15) is 0 Å². The summed E-state index contributed by atoms with van der Waals surface area (Å²) < 4.78 is 1.66. The van der Waals surface area contributed by atoms with Gasteiger partial charge < -0.3 is 10.6 Å². The fraction of sp³-hybridized carbons (Fsp3) is 0.333. The van der Waals surface area contributed by atoms with Crippen LogP contribution in [-0.2, 0) is 14.4 Å². The molecule has 10 nitrogen and oxygen atoms in total. The van der Waals surface area contributed by atoms with Crippen molar-refractivity contribution in [1.29, 1.82) is 0 Å². The summed E-state index contributed by atoms with van der Waals surface area (Å²) >= 11 is 1.18. The number of nitrogens with zero attached hydrogens (tertiary/aromatic N) is 4. The lowest BCUT2D eigenvalue weighted by Gasteiger charge is -2.27. The van der Waals surface area contributed by atoms with Gasteiger partial charge in [-0.15, -0.1) is 4.99 Å². The number of aliphatic imine (C=N–C) groups is 1. The summed E-state index contributed by atoms with van der Waals surface area (Å²) in [5.41, 5.74) is 1.23. The summed E-state index contributed by atoms with van der Waals surface area (Å²) in [7, 11) is 4.72. The first kappa shape index (κ1) is 20.5. The fourth-order valence-corrected chi connectivity index (χ4v) is 3.81. The number of imide groups is 1. The third-order valence-electron chi connectivity index (χ3n) is 4.42. The normalized spacial score (nSPS) is 18.6. The molecule has 0 spiro atoms. The number of likely N-dealkylation sites (N-methyl/N-ethyl adjacent to an activating group) is 2. The minimum Gasteiger partial charge on any atom is -0.326 e. The Morgan fingerprint density at radius 2 is 1.69 bits per heavy atom. The second-order valence-electron chi connectivity index (χ2n) is 6.57. The third-order valence-corrected chi connectivity index (χ3v) is 5.46. The van der Waals surface area contributed by atoms with Gasteiger partial charge in [0, 0.05) is 25.3 Å². The molecule has 2 aliphatic rings. The number of rotatable bonds is 4. The molecule has 5 amide bonds. The number of hydrogen-bond donors (Lipinski definition) is 2. The Kier molecular flexibility index (Phi) is 5.69. The largest absolute Gasteiger partial charge is 0.388 e. The zero-order valence-corrected chi connectivity index (χ0v) is 17.2. The van der Waals surface area contributed by atoms with Crippen molar-refractivity contribution in [3.05, 3.63) is 24.3 Å². The van der Waals surface area contributed by atoms with Gasteiger partial charge in [0.25, 0.3) is 23.0 Å². The van der Waals surface area contributed by atoms with Crippen LogP contribution in [0.25, 0.3) is 0 Å². The molecule has 1 unspecified atom stereocenters. The predicted molar refractivity (Wildman–Crippen MR) is 110 cm³/mol. The molecule has 1 saturated heterocycles. The molecular formula is C18H21N6O4S+. The Morgan fingerprint density at radius 1 is 1.10 bits per heavy atom. The van der Waals surface area contributed by atoms with E-state index in [-0.39, 0.29) is 17.6 Å². The van der Waals surface area contributed by atoms with Gasteiger partial charge in [0.2, 0.25) is 11.8 Å². The highest BCUT2D eigenvalue weighted by Crippen LogP contribution is 2.22. The third kappa shape index (κ3) is 4.14. The van der Waals surface area contributed by atoms with E-state index in [1.54, 1.807) is 42.9 Å². The lowest BCUT2D eigenvalue weighted by atomic mass is 10.2. The zero-order chi connectivity index (χ0) is 21.3. The summed E-state index contributed by atoms with van der Waals surface area (Å²) in [5, 5.41) is 5.91. The van der Waals surface area contributed by atoms with E-state index in [9.17, 15) is 19.2 Å². The van der Waals surface area contributed by atoms with Crippen LogP contribution < -0.4 is 10.6 Å². The van der Waals surface area contributed by atoms with Crippen LogP contribution in [0.15, 0.2) is 29.3 Å². The van der Waals surface area contributed by atoms with Crippen molar-refractivity contribution in [3.8, 4) is 0 Å². The van der Waals surface area contributed by atoms with Gasteiger partial charge in [0.15, 0.2) is 0 Å². The molecule has 0 bridgehead atoms. The Labute approximate surface area is 171 Å². The van der Waals surface area contributed by atoms with Crippen LogP contribution in [0.5, 0.6) is 0 Å². The van der Waals surface area contributed by atoms with E-state index in [1.165, 1.54) is 30.6 Å². The molecule has 152 valence electrons. The van der Waals surface area contributed by atoms with E-state index in [0.717, 1.165) is 4.90 Å². The number of amidine groups is 2. The number of nitrogens with one attached hydrogen (secondary N) is 2. The molecule has 29 heavy (non-hydrogen) atoms. The van der Waals surface area contributed by atoms with Crippen molar-refractivity contribution in [1.82, 2.24) is 9.80 Å². The number of carbonyl (C=O) groups is 4. The van der Waals surface area contributed by atoms with Gasteiger partial charge in [-0.25, -0.2) is 14.3 Å². The number of amides is 5. The molecule has 1 fully saturated rings. The van der Waals surface area contributed by atoms with Crippen molar-refractivity contribution in [2.24, 2.45) is 4.99 Å². The van der Waals surface area contributed by atoms with Gasteiger partial charge in [-0.2, -0.15) is 0 Å². The van der Waals surface area contributed by atoms with E-state index in [4.69, 9.17) is 0 Å². The van der Waals surface area contributed by atoms with Gasteiger partial charge in [0.05, 0.1) is 19.8 Å². The maximum absolute atomic E-state index is 12.3. The van der Waals surface area contributed by atoms with Gasteiger partial charge in [-0.05, 0) is 36.0 Å². The smallest absolute Gasteiger partial charge is 0.326 e. The summed E-state index contributed by atoms with van der Waals surface area (Å²) in [6.45, 7) is 1.42. The molecule has 11 heteroatoms. The second-order valence-corrected chi connectivity index (χ2v) is 7.51. The molecule has 2 aliphatic heterocycles. The van der Waals surface area contributed by atoms with Crippen LogP contribution >= 0.6 is 11.8 Å². The Morgan fingerprint density at radius 3 is 2.28 bits per heavy atom. The van der Waals surface area contributed by atoms with E-state index >= 15 is 0 Å². The highest BCUT2D eigenvalue weighted by molar-refractivity contribution is 8.14. The summed E-state index contributed by atoms with van der Waals surface area (Å²) in [4.78, 5) is 54.6. The molecule has 2 N–H and O–H groups in total. The summed E-state index contributed by atoms with van der Waals surface area (Å²) in [6.07, 6.45) is 0. The minimum atomic E-state index is -0.778. The van der Waals surface area contributed by atoms with Gasteiger partial charge in [-0.1, -0.05) is 0 Å². The van der Waals surface area contributed by atoms with Crippen molar-refractivity contribution in [2.45, 2.75) is 13.0 Å². The lowest BCUT2D eigenvalue weighted by Crippen LogP contribution is -2.59. The average molecular weight is 417 g/mol. The topological polar surface area (TPSA) is 114 Å². The second kappa shape index (κ2) is 8.03. The molecule has 0 aromatic heterocycles. The summed E-state index contributed by atoms with van der Waals surface area (Å²) in [6, 6.07) is 5.55. The lowest BCUT2D eigenvalue weighted by molar-refractivity contribution is -0.367. The molecule has 0 saturated carbocycles. The van der Waals surface area contributed by atoms with Crippen LogP contribution in [0.4, 0.5) is 16.2 Å². The number of urea groups is 1. The molecule has 0 aliphatic carbocycles. The predicted octanol–water partition coefficient (Wildman–Crippen LogP) is 0.619. The van der Waals surface area contributed by atoms with Crippen LogP contribution in [0.2, 0.25) is 0 Å².